The zero-order chi connectivity index (χ0) is 23.8. The number of aryl methyl sites for hydroxylation is 1. The summed E-state index contributed by atoms with van der Waals surface area (Å²) in [5.41, 5.74) is 8.79. The van der Waals surface area contributed by atoms with Gasteiger partial charge in [0.15, 0.2) is 11.9 Å². The van der Waals surface area contributed by atoms with Gasteiger partial charge in [-0.3, -0.25) is 0 Å². The Kier molecular flexibility index (Phi) is 6.07. The maximum atomic E-state index is 14.3. The Balaban J connectivity index is 1.71. The SMILES string of the molecule is CC(=N)c1c(N)nc(-c2ccc(-c3cc(C)ccc3F)cc2)nc1OC1CCNCC1(F)F. The average Bonchev–Trinajstić information content (AvgIpc) is 2.76. The zero-order valence-corrected chi connectivity index (χ0v) is 18.3. The van der Waals surface area contributed by atoms with Gasteiger partial charge in [0.25, 0.3) is 5.92 Å². The fraction of sp³-hybridized carbons (Fsp3) is 0.292. The van der Waals surface area contributed by atoms with Crippen LogP contribution in [0.4, 0.5) is 19.0 Å². The summed E-state index contributed by atoms with van der Waals surface area (Å²) in [5.74, 6) is -3.44. The third-order valence-corrected chi connectivity index (χ3v) is 5.52. The summed E-state index contributed by atoms with van der Waals surface area (Å²) < 4.78 is 48.5. The van der Waals surface area contributed by atoms with Crippen LogP contribution in [0, 0.1) is 18.2 Å². The molecule has 1 aromatic heterocycles. The van der Waals surface area contributed by atoms with E-state index in [2.05, 4.69) is 15.3 Å². The van der Waals surface area contributed by atoms with Crippen molar-refractivity contribution in [2.75, 3.05) is 18.8 Å². The summed E-state index contributed by atoms with van der Waals surface area (Å²) in [6, 6.07) is 11.7. The number of nitrogen functional groups attached to an aromatic ring is 1. The molecule has 3 aromatic rings. The molecule has 9 heteroatoms. The predicted molar refractivity (Wildman–Crippen MR) is 121 cm³/mol. The molecule has 0 radical (unpaired) electrons. The summed E-state index contributed by atoms with van der Waals surface area (Å²) in [7, 11) is 0. The molecule has 6 nitrogen and oxygen atoms in total. The van der Waals surface area contributed by atoms with Crippen molar-refractivity contribution in [3.63, 3.8) is 0 Å². The molecule has 1 fully saturated rings. The lowest BCUT2D eigenvalue weighted by atomic mass is 10.0. The highest BCUT2D eigenvalue weighted by Crippen LogP contribution is 2.33. The van der Waals surface area contributed by atoms with E-state index >= 15 is 0 Å². The predicted octanol–water partition coefficient (Wildman–Crippen LogP) is 4.60. The van der Waals surface area contributed by atoms with Gasteiger partial charge in [0.05, 0.1) is 12.1 Å². The molecule has 0 saturated carbocycles. The molecule has 0 spiro atoms. The zero-order valence-electron chi connectivity index (χ0n) is 18.3. The Morgan fingerprint density at radius 3 is 2.52 bits per heavy atom. The van der Waals surface area contributed by atoms with Crippen LogP contribution in [-0.2, 0) is 0 Å². The molecule has 4 rings (SSSR count). The number of alkyl halides is 2. The summed E-state index contributed by atoms with van der Waals surface area (Å²) in [5, 5.41) is 10.6. The van der Waals surface area contributed by atoms with Gasteiger partial charge in [-0.15, -0.1) is 0 Å². The van der Waals surface area contributed by atoms with E-state index in [1.54, 1.807) is 36.4 Å². The lowest BCUT2D eigenvalue weighted by Crippen LogP contribution is -2.52. The van der Waals surface area contributed by atoms with E-state index in [1.165, 1.54) is 13.0 Å². The Hall–Kier alpha value is -3.46. The number of ether oxygens (including phenoxy) is 1. The Bertz CT molecular complexity index is 1200. The van der Waals surface area contributed by atoms with Crippen LogP contribution < -0.4 is 15.8 Å². The Labute approximate surface area is 189 Å². The minimum atomic E-state index is -3.09. The third kappa shape index (κ3) is 4.68. The van der Waals surface area contributed by atoms with Gasteiger partial charge in [-0.05, 0) is 38.1 Å². The van der Waals surface area contributed by atoms with E-state index in [4.69, 9.17) is 15.9 Å². The van der Waals surface area contributed by atoms with Crippen LogP contribution in [0.25, 0.3) is 22.5 Å². The third-order valence-electron chi connectivity index (χ3n) is 5.52. The highest BCUT2D eigenvalue weighted by molar-refractivity contribution is 6.02. The summed E-state index contributed by atoms with van der Waals surface area (Å²) >= 11 is 0. The first-order chi connectivity index (χ1) is 15.7. The van der Waals surface area contributed by atoms with Crippen LogP contribution in [0.1, 0.15) is 24.5 Å². The number of hydrogen-bond donors (Lipinski definition) is 3. The van der Waals surface area contributed by atoms with E-state index in [-0.39, 0.29) is 41.0 Å². The number of hydrogen-bond acceptors (Lipinski definition) is 6. The molecule has 1 aliphatic rings. The van der Waals surface area contributed by atoms with Gasteiger partial charge >= 0.3 is 0 Å². The van der Waals surface area contributed by atoms with Crippen LogP contribution in [0.15, 0.2) is 42.5 Å². The maximum Gasteiger partial charge on any atom is 0.296 e. The number of nitrogens with zero attached hydrogens (tertiary/aromatic N) is 2. The van der Waals surface area contributed by atoms with E-state index in [1.807, 2.05) is 6.92 Å². The lowest BCUT2D eigenvalue weighted by Gasteiger charge is -2.32. The molecule has 33 heavy (non-hydrogen) atoms. The molecule has 4 N–H and O–H groups in total. The minimum Gasteiger partial charge on any atom is -0.467 e. The van der Waals surface area contributed by atoms with Crippen LogP contribution in [0.5, 0.6) is 5.88 Å². The molecular weight excluding hydrogens is 431 g/mol. The number of halogens is 3. The largest absolute Gasteiger partial charge is 0.467 e. The van der Waals surface area contributed by atoms with Crippen LogP contribution in [0.2, 0.25) is 0 Å². The van der Waals surface area contributed by atoms with Crippen molar-refractivity contribution in [1.82, 2.24) is 15.3 Å². The van der Waals surface area contributed by atoms with Crippen molar-refractivity contribution in [3.05, 3.63) is 59.4 Å². The standard InChI is InChI=1S/C24H24F3N5O/c1-13-3-8-18(25)17(11-13)15-4-6-16(7-5-15)22-31-21(29)20(14(2)28)23(32-22)33-19-9-10-30-12-24(19,26)27/h3-8,11,19,28,30H,9-10,12H2,1-2H3,(H2,29,31,32). The second kappa shape index (κ2) is 8.82. The molecule has 0 bridgehead atoms. The number of anilines is 1. The van der Waals surface area contributed by atoms with Gasteiger partial charge in [-0.25, -0.2) is 18.2 Å². The lowest BCUT2D eigenvalue weighted by molar-refractivity contribution is -0.110. The fourth-order valence-electron chi connectivity index (χ4n) is 3.78. The first-order valence-electron chi connectivity index (χ1n) is 10.5. The van der Waals surface area contributed by atoms with Crippen LogP contribution in [-0.4, -0.2) is 40.8 Å². The molecule has 1 saturated heterocycles. The van der Waals surface area contributed by atoms with E-state index in [9.17, 15) is 13.2 Å². The molecule has 1 atom stereocenters. The van der Waals surface area contributed by atoms with Gasteiger partial charge < -0.3 is 21.2 Å². The van der Waals surface area contributed by atoms with Gasteiger partial charge in [-0.1, -0.05) is 35.9 Å². The monoisotopic (exact) mass is 455 g/mol. The molecule has 2 aromatic carbocycles. The summed E-state index contributed by atoms with van der Waals surface area (Å²) in [6.07, 6.45) is -1.31. The van der Waals surface area contributed by atoms with Gasteiger partial charge in [0, 0.05) is 23.3 Å². The van der Waals surface area contributed by atoms with Crippen molar-refractivity contribution in [3.8, 4) is 28.4 Å². The maximum absolute atomic E-state index is 14.3. The number of nitrogens with one attached hydrogen (secondary N) is 2. The average molecular weight is 455 g/mol. The highest BCUT2D eigenvalue weighted by Gasteiger charge is 2.44. The number of aromatic nitrogens is 2. The fourth-order valence-corrected chi connectivity index (χ4v) is 3.78. The Morgan fingerprint density at radius 1 is 1.15 bits per heavy atom. The van der Waals surface area contributed by atoms with Crippen molar-refractivity contribution >= 4 is 11.5 Å². The van der Waals surface area contributed by atoms with Gasteiger partial charge in [0.1, 0.15) is 11.6 Å². The molecule has 2 heterocycles. The highest BCUT2D eigenvalue weighted by atomic mass is 19.3. The van der Waals surface area contributed by atoms with Gasteiger partial charge in [-0.2, -0.15) is 4.98 Å². The molecule has 1 aliphatic heterocycles. The number of benzene rings is 2. The van der Waals surface area contributed by atoms with Crippen molar-refractivity contribution < 1.29 is 17.9 Å². The second-order valence-electron chi connectivity index (χ2n) is 8.13. The van der Waals surface area contributed by atoms with Crippen LogP contribution >= 0.6 is 0 Å². The summed E-state index contributed by atoms with van der Waals surface area (Å²) in [4.78, 5) is 8.60. The number of nitrogens with two attached hydrogens (primary N) is 1. The minimum absolute atomic E-state index is 0.0107. The van der Waals surface area contributed by atoms with Crippen molar-refractivity contribution in [2.45, 2.75) is 32.3 Å². The quantitative estimate of drug-likeness (QED) is 0.489. The van der Waals surface area contributed by atoms with Crippen molar-refractivity contribution in [1.29, 1.82) is 5.41 Å². The smallest absolute Gasteiger partial charge is 0.296 e. The molecule has 172 valence electrons. The Morgan fingerprint density at radius 2 is 1.85 bits per heavy atom. The van der Waals surface area contributed by atoms with E-state index < -0.39 is 18.6 Å². The molecule has 0 amide bonds. The number of rotatable bonds is 5. The summed E-state index contributed by atoms with van der Waals surface area (Å²) in [6.45, 7) is 3.23. The van der Waals surface area contributed by atoms with Crippen LogP contribution in [0.3, 0.4) is 0 Å². The molecular formula is C24H24F3N5O. The van der Waals surface area contributed by atoms with Crippen molar-refractivity contribution in [2.24, 2.45) is 0 Å². The topological polar surface area (TPSA) is 96.9 Å². The number of piperidine rings is 1. The molecule has 1 unspecified atom stereocenters. The molecule has 0 aliphatic carbocycles. The first kappa shape index (κ1) is 22.7. The first-order valence-corrected chi connectivity index (χ1v) is 10.5. The normalized spacial score (nSPS) is 17.5. The van der Waals surface area contributed by atoms with E-state index in [0.717, 1.165) is 5.56 Å². The van der Waals surface area contributed by atoms with E-state index in [0.29, 0.717) is 23.2 Å². The van der Waals surface area contributed by atoms with Gasteiger partial charge in [0.2, 0.25) is 5.88 Å². The second-order valence-corrected chi connectivity index (χ2v) is 8.13.